The number of aliphatic hydroxyl groups is 2. The number of aliphatic hydroxyl groups excluding tert-OH is 2. The van der Waals surface area contributed by atoms with Crippen LogP contribution in [0, 0.1) is 24.2 Å². The number of aryl methyl sites for hydroxylation is 1. The largest absolute Gasteiger partial charge is 0.457 e. The minimum atomic E-state index is -1.21. The number of cyclic esters (lactones) is 1. The average Bonchev–Trinajstić information content (AvgIpc) is 3.20. The number of nitrogens with zero attached hydrogens (tertiary/aromatic N) is 1. The van der Waals surface area contributed by atoms with Gasteiger partial charge in [-0.05, 0) is 64.0 Å². The van der Waals surface area contributed by atoms with Gasteiger partial charge in [0.2, 0.25) is 0 Å². The summed E-state index contributed by atoms with van der Waals surface area (Å²) in [5.74, 6) is -1.39. The molecule has 196 valence electrons. The van der Waals surface area contributed by atoms with E-state index in [4.69, 9.17) is 4.74 Å². The Morgan fingerprint density at radius 2 is 1.97 bits per heavy atom. The van der Waals surface area contributed by atoms with E-state index in [-0.39, 0.29) is 18.1 Å². The van der Waals surface area contributed by atoms with Crippen molar-refractivity contribution in [3.05, 3.63) is 33.3 Å². The lowest BCUT2D eigenvalue weighted by atomic mass is 9.71. The maximum absolute atomic E-state index is 13.4. The highest BCUT2D eigenvalue weighted by molar-refractivity contribution is 7.09. The summed E-state index contributed by atoms with van der Waals surface area (Å²) in [7, 11) is 0. The van der Waals surface area contributed by atoms with Gasteiger partial charge in [-0.25, -0.2) is 4.98 Å². The van der Waals surface area contributed by atoms with Gasteiger partial charge in [0.25, 0.3) is 0 Å². The van der Waals surface area contributed by atoms with Gasteiger partial charge in [-0.15, -0.1) is 11.3 Å². The maximum atomic E-state index is 13.4. The topological polar surface area (TPSA) is 96.7 Å². The minimum Gasteiger partial charge on any atom is -0.457 e. The number of allylic oxidation sites excluding steroid dienone is 1. The number of Topliss-reactive ketones (excluding diaryl/α,β-unsaturated/α-hetero) is 1. The molecule has 0 aliphatic carbocycles. The predicted octanol–water partition coefficient (Wildman–Crippen LogP) is 5.66. The number of carbonyl (C=O) groups is 2. The van der Waals surface area contributed by atoms with Crippen molar-refractivity contribution in [1.29, 1.82) is 0 Å². The molecule has 2 rings (SSSR count). The SMILES string of the molecule is CC[C@H]1C(=O)C(C)(C)[C@@H](O)CC(=O)O[C@H](C(C)=Cc2csc(C)n2)CC=C(C)CCC[C@H](C)[C@@H]1O. The second-order valence-electron chi connectivity index (χ2n) is 10.6. The van der Waals surface area contributed by atoms with E-state index in [1.54, 1.807) is 25.2 Å². The van der Waals surface area contributed by atoms with Gasteiger partial charge >= 0.3 is 5.97 Å². The molecule has 2 N–H and O–H groups in total. The molecule has 6 nitrogen and oxygen atoms in total. The molecule has 7 heteroatoms. The van der Waals surface area contributed by atoms with Gasteiger partial charge in [0.05, 0.1) is 34.7 Å². The molecule has 0 fully saturated rings. The highest BCUT2D eigenvalue weighted by Crippen LogP contribution is 2.34. The van der Waals surface area contributed by atoms with E-state index in [2.05, 4.69) is 18.0 Å². The van der Waals surface area contributed by atoms with Crippen molar-refractivity contribution in [2.75, 3.05) is 0 Å². The maximum Gasteiger partial charge on any atom is 0.309 e. The Labute approximate surface area is 214 Å². The molecule has 5 atom stereocenters. The zero-order valence-corrected chi connectivity index (χ0v) is 23.2. The molecule has 0 amide bonds. The molecule has 1 aromatic rings. The van der Waals surface area contributed by atoms with Crippen LogP contribution in [0.15, 0.2) is 22.6 Å². The fourth-order valence-corrected chi connectivity index (χ4v) is 5.19. The zero-order chi connectivity index (χ0) is 26.3. The van der Waals surface area contributed by atoms with Crippen LogP contribution in [0.25, 0.3) is 6.08 Å². The van der Waals surface area contributed by atoms with E-state index in [0.717, 1.165) is 35.5 Å². The van der Waals surface area contributed by atoms with E-state index in [1.165, 1.54) is 5.57 Å². The van der Waals surface area contributed by atoms with Crippen molar-refractivity contribution in [1.82, 2.24) is 4.98 Å². The second kappa shape index (κ2) is 12.9. The Morgan fingerprint density at radius 1 is 1.29 bits per heavy atom. The molecule has 35 heavy (non-hydrogen) atoms. The third-order valence-electron chi connectivity index (χ3n) is 7.30. The van der Waals surface area contributed by atoms with Crippen molar-refractivity contribution in [3.8, 4) is 0 Å². The standard InChI is InChI=1S/C28H43NO5S/c1-8-22-26(32)18(3)11-9-10-17(2)12-13-23(19(4)14-21-16-35-20(5)29-21)34-25(31)15-24(30)28(6,7)27(22)33/h12,14,16,18,22-24,26,30,32H,8-11,13,15H2,1-7H3/t18-,22+,23-,24-,26-/m0/s1. The van der Waals surface area contributed by atoms with Gasteiger partial charge in [0, 0.05) is 17.7 Å². The van der Waals surface area contributed by atoms with Gasteiger partial charge in [-0.3, -0.25) is 9.59 Å². The van der Waals surface area contributed by atoms with Crippen LogP contribution in [0.4, 0.5) is 0 Å². The quantitative estimate of drug-likeness (QED) is 0.407. The molecule has 0 saturated heterocycles. The van der Waals surface area contributed by atoms with E-state index < -0.39 is 35.6 Å². The van der Waals surface area contributed by atoms with Crippen molar-refractivity contribution in [2.45, 2.75) is 105 Å². The number of ether oxygens (including phenoxy) is 1. The monoisotopic (exact) mass is 505 g/mol. The van der Waals surface area contributed by atoms with Gasteiger partial charge in [-0.1, -0.05) is 39.3 Å². The van der Waals surface area contributed by atoms with Crippen LogP contribution in [0.5, 0.6) is 0 Å². The van der Waals surface area contributed by atoms with Crippen molar-refractivity contribution in [3.63, 3.8) is 0 Å². The highest BCUT2D eigenvalue weighted by atomic mass is 32.1. The molecule has 0 bridgehead atoms. The third-order valence-corrected chi connectivity index (χ3v) is 8.10. The summed E-state index contributed by atoms with van der Waals surface area (Å²) in [6.07, 6.45) is 4.85. The first kappa shape index (κ1) is 29.4. The fourth-order valence-electron chi connectivity index (χ4n) is 4.62. The molecule has 0 spiro atoms. The normalized spacial score (nSPS) is 30.0. The lowest BCUT2D eigenvalue weighted by Crippen LogP contribution is -2.46. The molecule has 0 radical (unpaired) electrons. The summed E-state index contributed by atoms with van der Waals surface area (Å²) in [6, 6.07) is 0. The van der Waals surface area contributed by atoms with Gasteiger partial charge < -0.3 is 14.9 Å². The molecule has 0 unspecified atom stereocenters. The summed E-state index contributed by atoms with van der Waals surface area (Å²) in [5, 5.41) is 24.8. The first-order valence-corrected chi connectivity index (χ1v) is 13.6. The molecule has 0 aromatic carbocycles. The molecule has 1 aliphatic heterocycles. The zero-order valence-electron chi connectivity index (χ0n) is 22.3. The Kier molecular flexibility index (Phi) is 10.9. The Hall–Kier alpha value is -1.83. The van der Waals surface area contributed by atoms with E-state index in [0.29, 0.717) is 12.8 Å². The third kappa shape index (κ3) is 8.09. The lowest BCUT2D eigenvalue weighted by molar-refractivity contribution is -0.154. The number of carbonyl (C=O) groups excluding carboxylic acids is 2. The fraction of sp³-hybridized carbons (Fsp3) is 0.679. The molecule has 2 heterocycles. The summed E-state index contributed by atoms with van der Waals surface area (Å²) >= 11 is 1.56. The van der Waals surface area contributed by atoms with Crippen LogP contribution in [0.1, 0.15) is 90.8 Å². The number of aromatic nitrogens is 1. The van der Waals surface area contributed by atoms with Gasteiger partial charge in [-0.2, -0.15) is 0 Å². The number of hydrogen-bond acceptors (Lipinski definition) is 7. The molecule has 1 aromatic heterocycles. The van der Waals surface area contributed by atoms with Crippen molar-refractivity contribution >= 4 is 29.2 Å². The van der Waals surface area contributed by atoms with Gasteiger partial charge in [0.15, 0.2) is 0 Å². The predicted molar refractivity (Wildman–Crippen MR) is 141 cm³/mol. The van der Waals surface area contributed by atoms with Crippen LogP contribution in [0.2, 0.25) is 0 Å². The number of thiazole rings is 1. The van der Waals surface area contributed by atoms with Crippen LogP contribution in [0.3, 0.4) is 0 Å². The molecule has 1 aliphatic rings. The lowest BCUT2D eigenvalue weighted by Gasteiger charge is -2.35. The van der Waals surface area contributed by atoms with E-state index in [9.17, 15) is 19.8 Å². The first-order chi connectivity index (χ1) is 16.4. The molecular weight excluding hydrogens is 462 g/mol. The Bertz CT molecular complexity index is 932. The van der Waals surface area contributed by atoms with E-state index >= 15 is 0 Å². The summed E-state index contributed by atoms with van der Waals surface area (Å²) in [6.45, 7) is 13.1. The molecular formula is C28H43NO5S. The van der Waals surface area contributed by atoms with Crippen LogP contribution in [-0.4, -0.2) is 45.3 Å². The summed E-state index contributed by atoms with van der Waals surface area (Å²) in [5.41, 5.74) is 1.72. The van der Waals surface area contributed by atoms with E-state index in [1.807, 2.05) is 39.2 Å². The smallest absolute Gasteiger partial charge is 0.309 e. The van der Waals surface area contributed by atoms with Gasteiger partial charge in [0.1, 0.15) is 11.9 Å². The summed E-state index contributed by atoms with van der Waals surface area (Å²) < 4.78 is 5.83. The first-order valence-electron chi connectivity index (χ1n) is 12.7. The highest BCUT2D eigenvalue weighted by Gasteiger charge is 2.43. The Balaban J connectivity index is 2.35. The van der Waals surface area contributed by atoms with Crippen LogP contribution in [-0.2, 0) is 14.3 Å². The van der Waals surface area contributed by atoms with Crippen LogP contribution >= 0.6 is 11.3 Å². The van der Waals surface area contributed by atoms with Crippen LogP contribution < -0.4 is 0 Å². The average molecular weight is 506 g/mol. The number of ketones is 1. The number of hydrogen-bond donors (Lipinski definition) is 2. The minimum absolute atomic E-state index is 0.0398. The Morgan fingerprint density at radius 3 is 2.57 bits per heavy atom. The van der Waals surface area contributed by atoms with Crippen molar-refractivity contribution < 1.29 is 24.5 Å². The second-order valence-corrected chi connectivity index (χ2v) is 11.7. The summed E-state index contributed by atoms with van der Waals surface area (Å²) in [4.78, 5) is 30.8. The number of esters is 1. The molecule has 0 saturated carbocycles. The van der Waals surface area contributed by atoms with Crippen molar-refractivity contribution in [2.24, 2.45) is 17.3 Å². The number of rotatable bonds is 3.